The summed E-state index contributed by atoms with van der Waals surface area (Å²) in [6, 6.07) is 7.16. The average Bonchev–Trinajstić information content (AvgIpc) is 2.99. The van der Waals surface area contributed by atoms with Crippen LogP contribution in [0.4, 0.5) is 4.39 Å². The molecule has 2 saturated heterocycles. The Morgan fingerprint density at radius 2 is 2.04 bits per heavy atom. The number of rotatable bonds is 6. The van der Waals surface area contributed by atoms with Crippen LogP contribution in [-0.2, 0) is 20.8 Å². The van der Waals surface area contributed by atoms with Gasteiger partial charge in [-0.1, -0.05) is 12.1 Å². The first-order valence-corrected chi connectivity index (χ1v) is 8.95. The maximum absolute atomic E-state index is 13.0. The summed E-state index contributed by atoms with van der Waals surface area (Å²) < 4.78 is 24.7. The highest BCUT2D eigenvalue weighted by molar-refractivity contribution is 5.76. The van der Waals surface area contributed by atoms with Gasteiger partial charge in [0.25, 0.3) is 0 Å². The molecule has 1 amide bonds. The lowest BCUT2D eigenvalue weighted by Crippen LogP contribution is -2.43. The molecule has 3 rings (SSSR count). The Balaban J connectivity index is 1.45. The summed E-state index contributed by atoms with van der Waals surface area (Å²) in [4.78, 5) is 15.5. The summed E-state index contributed by atoms with van der Waals surface area (Å²) in [5.74, 6) is -0.223. The smallest absolute Gasteiger partial charge is 0.248 e. The van der Waals surface area contributed by atoms with E-state index in [0.717, 1.165) is 37.9 Å². The van der Waals surface area contributed by atoms with Crippen LogP contribution >= 0.6 is 0 Å². The van der Waals surface area contributed by atoms with Gasteiger partial charge in [-0.2, -0.15) is 0 Å². The third-order valence-electron chi connectivity index (χ3n) is 5.08. The second kappa shape index (κ2) is 8.25. The summed E-state index contributed by atoms with van der Waals surface area (Å²) in [5, 5.41) is 0. The second-order valence-electron chi connectivity index (χ2n) is 7.13. The van der Waals surface area contributed by atoms with Gasteiger partial charge in [-0.25, -0.2) is 4.39 Å². The lowest BCUT2D eigenvalue weighted by atomic mass is 9.99. The van der Waals surface area contributed by atoms with Crippen LogP contribution in [0.2, 0.25) is 0 Å². The van der Waals surface area contributed by atoms with Crippen LogP contribution in [0, 0.1) is 5.82 Å². The van der Waals surface area contributed by atoms with Gasteiger partial charge < -0.3 is 14.4 Å². The van der Waals surface area contributed by atoms with Gasteiger partial charge in [0.05, 0.1) is 18.8 Å². The topological polar surface area (TPSA) is 42.0 Å². The number of likely N-dealkylation sites (tertiary alicyclic amines) is 1. The summed E-state index contributed by atoms with van der Waals surface area (Å²) >= 11 is 0. The first kappa shape index (κ1) is 18.3. The monoisotopic (exact) mass is 350 g/mol. The fourth-order valence-corrected chi connectivity index (χ4v) is 3.64. The summed E-state index contributed by atoms with van der Waals surface area (Å²) in [7, 11) is 3.45. The molecule has 5 nitrogen and oxygen atoms in total. The minimum absolute atomic E-state index is 0.0278. The van der Waals surface area contributed by atoms with Gasteiger partial charge in [-0.15, -0.1) is 0 Å². The zero-order chi connectivity index (χ0) is 17.8. The number of ether oxygens (including phenoxy) is 2. The molecule has 0 N–H and O–H groups in total. The molecule has 0 unspecified atom stereocenters. The number of amides is 1. The standard InChI is InChI=1S/C19H27FN2O3/c1-21(2)19(23)13-24-12-16-7-8-17-18(25-16)9-10-22(17)11-14-3-5-15(20)6-4-14/h3-6,16-18H,7-13H2,1-2H3/t16-,17-,18-/m1/s1. The molecule has 2 aliphatic rings. The van der Waals surface area contributed by atoms with E-state index < -0.39 is 0 Å². The predicted molar refractivity (Wildman–Crippen MR) is 92.6 cm³/mol. The van der Waals surface area contributed by atoms with Crippen LogP contribution in [0.1, 0.15) is 24.8 Å². The average molecular weight is 350 g/mol. The molecule has 0 spiro atoms. The molecule has 0 aromatic heterocycles. The van der Waals surface area contributed by atoms with Crippen LogP contribution in [0.25, 0.3) is 0 Å². The molecule has 1 aromatic carbocycles. The Morgan fingerprint density at radius 1 is 1.28 bits per heavy atom. The molecule has 0 saturated carbocycles. The van der Waals surface area contributed by atoms with E-state index in [4.69, 9.17) is 9.47 Å². The van der Waals surface area contributed by atoms with E-state index in [-0.39, 0.29) is 30.5 Å². The highest BCUT2D eigenvalue weighted by atomic mass is 19.1. The van der Waals surface area contributed by atoms with Crippen LogP contribution < -0.4 is 0 Å². The first-order chi connectivity index (χ1) is 12.0. The number of hydrogen-bond donors (Lipinski definition) is 0. The maximum Gasteiger partial charge on any atom is 0.248 e. The molecule has 3 atom stereocenters. The minimum Gasteiger partial charge on any atom is -0.371 e. The van der Waals surface area contributed by atoms with Crippen LogP contribution in [0.15, 0.2) is 24.3 Å². The van der Waals surface area contributed by atoms with Crippen molar-refractivity contribution in [2.24, 2.45) is 0 Å². The second-order valence-corrected chi connectivity index (χ2v) is 7.13. The van der Waals surface area contributed by atoms with E-state index in [0.29, 0.717) is 12.6 Å². The first-order valence-electron chi connectivity index (χ1n) is 8.95. The van der Waals surface area contributed by atoms with Crippen molar-refractivity contribution < 1.29 is 18.7 Å². The number of carbonyl (C=O) groups is 1. The third-order valence-corrected chi connectivity index (χ3v) is 5.08. The third kappa shape index (κ3) is 4.77. The number of nitrogens with zero attached hydrogens (tertiary/aromatic N) is 2. The zero-order valence-corrected chi connectivity index (χ0v) is 15.0. The van der Waals surface area contributed by atoms with Crippen molar-refractivity contribution in [3.05, 3.63) is 35.6 Å². The summed E-state index contributed by atoms with van der Waals surface area (Å²) in [6.07, 6.45) is 3.33. The molecular weight excluding hydrogens is 323 g/mol. The van der Waals surface area contributed by atoms with Gasteiger partial charge in [-0.05, 0) is 37.0 Å². The van der Waals surface area contributed by atoms with E-state index in [2.05, 4.69) is 4.90 Å². The van der Waals surface area contributed by atoms with Gasteiger partial charge in [0.2, 0.25) is 5.91 Å². The van der Waals surface area contributed by atoms with Crippen molar-refractivity contribution in [1.29, 1.82) is 0 Å². The maximum atomic E-state index is 13.0. The molecular formula is C19H27FN2O3. The zero-order valence-electron chi connectivity index (χ0n) is 15.0. The van der Waals surface area contributed by atoms with E-state index in [9.17, 15) is 9.18 Å². The van der Waals surface area contributed by atoms with Gasteiger partial charge >= 0.3 is 0 Å². The van der Waals surface area contributed by atoms with Crippen molar-refractivity contribution in [2.75, 3.05) is 33.9 Å². The van der Waals surface area contributed by atoms with Crippen molar-refractivity contribution in [3.8, 4) is 0 Å². The quantitative estimate of drug-likeness (QED) is 0.788. The van der Waals surface area contributed by atoms with Gasteiger partial charge in [0.15, 0.2) is 0 Å². The summed E-state index contributed by atoms with van der Waals surface area (Å²) in [5.41, 5.74) is 1.13. The Labute approximate surface area is 148 Å². The highest BCUT2D eigenvalue weighted by Crippen LogP contribution is 2.32. The van der Waals surface area contributed by atoms with Crippen molar-refractivity contribution >= 4 is 5.91 Å². The van der Waals surface area contributed by atoms with Crippen LogP contribution in [0.5, 0.6) is 0 Å². The number of likely N-dealkylation sites (N-methyl/N-ethyl adjacent to an activating group) is 1. The minimum atomic E-state index is -0.195. The van der Waals surface area contributed by atoms with Gasteiger partial charge in [0.1, 0.15) is 12.4 Å². The SMILES string of the molecule is CN(C)C(=O)COC[C@H]1CC[C@@H]2[C@@H](CCN2Cc2ccc(F)cc2)O1. The Kier molecular flexibility index (Phi) is 6.04. The number of carbonyl (C=O) groups excluding carboxylic acids is 1. The van der Waals surface area contributed by atoms with Crippen LogP contribution in [0.3, 0.4) is 0 Å². The number of halogens is 1. The predicted octanol–water partition coefficient (Wildman–Crippen LogP) is 2.05. The Bertz CT molecular complexity index is 579. The molecule has 25 heavy (non-hydrogen) atoms. The summed E-state index contributed by atoms with van der Waals surface area (Å²) in [6.45, 7) is 2.42. The molecule has 0 bridgehead atoms. The molecule has 1 aromatic rings. The van der Waals surface area contributed by atoms with Crippen LogP contribution in [-0.4, -0.2) is 67.8 Å². The van der Waals surface area contributed by atoms with E-state index in [1.165, 1.54) is 17.0 Å². The lowest BCUT2D eigenvalue weighted by Gasteiger charge is -2.36. The van der Waals surface area contributed by atoms with E-state index in [1.807, 2.05) is 12.1 Å². The highest BCUT2D eigenvalue weighted by Gasteiger charge is 2.39. The molecule has 138 valence electrons. The molecule has 0 radical (unpaired) electrons. The molecule has 2 fully saturated rings. The molecule has 2 heterocycles. The van der Waals surface area contributed by atoms with Crippen molar-refractivity contribution in [1.82, 2.24) is 9.80 Å². The number of fused-ring (bicyclic) bond motifs is 1. The molecule has 0 aliphatic carbocycles. The largest absolute Gasteiger partial charge is 0.371 e. The lowest BCUT2D eigenvalue weighted by molar-refractivity contribution is -0.138. The van der Waals surface area contributed by atoms with Gasteiger partial charge in [-0.3, -0.25) is 9.69 Å². The van der Waals surface area contributed by atoms with Crippen molar-refractivity contribution in [2.45, 2.75) is 44.1 Å². The molecule has 6 heteroatoms. The van der Waals surface area contributed by atoms with Crippen molar-refractivity contribution in [3.63, 3.8) is 0 Å². The number of benzene rings is 1. The Morgan fingerprint density at radius 3 is 2.76 bits per heavy atom. The van der Waals surface area contributed by atoms with E-state index in [1.54, 1.807) is 14.1 Å². The number of hydrogen-bond acceptors (Lipinski definition) is 4. The molecule has 2 aliphatic heterocycles. The normalized spacial score (nSPS) is 26.4. The van der Waals surface area contributed by atoms with Gasteiger partial charge in [0, 0.05) is 33.2 Å². The fraction of sp³-hybridized carbons (Fsp3) is 0.632. The Hall–Kier alpha value is -1.50. The van der Waals surface area contributed by atoms with E-state index >= 15 is 0 Å². The fourth-order valence-electron chi connectivity index (χ4n) is 3.64.